The smallest absolute Gasteiger partial charge is 0.249 e. The third kappa shape index (κ3) is 2.47. The highest BCUT2D eigenvalue weighted by molar-refractivity contribution is 7.98. The van der Waals surface area contributed by atoms with Crippen molar-refractivity contribution in [1.82, 2.24) is 10.2 Å². The van der Waals surface area contributed by atoms with Gasteiger partial charge in [-0.25, -0.2) is 0 Å². The van der Waals surface area contributed by atoms with Gasteiger partial charge in [-0.15, -0.1) is 22.0 Å². The molecule has 20 heavy (non-hydrogen) atoms. The molecule has 0 bridgehead atoms. The van der Waals surface area contributed by atoms with Gasteiger partial charge < -0.3 is 4.42 Å². The first-order chi connectivity index (χ1) is 9.78. The van der Waals surface area contributed by atoms with Crippen molar-refractivity contribution >= 4 is 11.8 Å². The van der Waals surface area contributed by atoms with Crippen LogP contribution in [-0.4, -0.2) is 16.5 Å². The van der Waals surface area contributed by atoms with Crippen molar-refractivity contribution in [2.24, 2.45) is 0 Å². The third-order valence-corrected chi connectivity index (χ3v) is 3.82. The second kappa shape index (κ2) is 5.51. The number of hydrogen-bond donors (Lipinski definition) is 0. The Morgan fingerprint density at radius 2 is 1.75 bits per heavy atom. The Morgan fingerprint density at radius 3 is 2.55 bits per heavy atom. The summed E-state index contributed by atoms with van der Waals surface area (Å²) in [5, 5.41) is 8.32. The number of rotatable bonds is 3. The molecule has 0 saturated heterocycles. The molecular weight excluding hydrogens is 268 g/mol. The molecule has 4 heteroatoms. The van der Waals surface area contributed by atoms with Crippen LogP contribution in [0.3, 0.4) is 0 Å². The summed E-state index contributed by atoms with van der Waals surface area (Å²) >= 11 is 1.67. The number of thioether (sulfide) groups is 1. The SMILES string of the molecule is CSc1ccccc1-c1nnc(-c2cccc(C)c2)o1. The van der Waals surface area contributed by atoms with Crippen LogP contribution in [0.15, 0.2) is 57.8 Å². The van der Waals surface area contributed by atoms with Crippen molar-refractivity contribution in [2.75, 3.05) is 6.26 Å². The minimum atomic E-state index is 0.555. The summed E-state index contributed by atoms with van der Waals surface area (Å²) < 4.78 is 5.82. The maximum Gasteiger partial charge on any atom is 0.249 e. The lowest BCUT2D eigenvalue weighted by Crippen LogP contribution is -1.81. The molecule has 0 saturated carbocycles. The average molecular weight is 282 g/mol. The van der Waals surface area contributed by atoms with Crippen molar-refractivity contribution in [3.8, 4) is 22.9 Å². The van der Waals surface area contributed by atoms with E-state index in [4.69, 9.17) is 4.42 Å². The van der Waals surface area contributed by atoms with Gasteiger partial charge in [-0.1, -0.05) is 29.8 Å². The van der Waals surface area contributed by atoms with Gasteiger partial charge in [0.05, 0.1) is 5.56 Å². The molecule has 1 heterocycles. The maximum absolute atomic E-state index is 5.82. The predicted molar refractivity (Wildman–Crippen MR) is 81.7 cm³/mol. The lowest BCUT2D eigenvalue weighted by molar-refractivity contribution is 0.583. The molecule has 1 aromatic heterocycles. The van der Waals surface area contributed by atoms with E-state index in [1.165, 1.54) is 5.56 Å². The molecule has 0 aliphatic rings. The Labute approximate surface area is 122 Å². The quantitative estimate of drug-likeness (QED) is 0.666. The lowest BCUT2D eigenvalue weighted by Gasteiger charge is -2.01. The summed E-state index contributed by atoms with van der Waals surface area (Å²) in [6, 6.07) is 16.1. The van der Waals surface area contributed by atoms with Crippen LogP contribution in [0, 0.1) is 6.92 Å². The van der Waals surface area contributed by atoms with Crippen LogP contribution in [0.4, 0.5) is 0 Å². The lowest BCUT2D eigenvalue weighted by atomic mass is 10.1. The van der Waals surface area contributed by atoms with Gasteiger partial charge in [-0.2, -0.15) is 0 Å². The third-order valence-electron chi connectivity index (χ3n) is 3.03. The second-order valence-electron chi connectivity index (χ2n) is 4.48. The van der Waals surface area contributed by atoms with E-state index in [9.17, 15) is 0 Å². The summed E-state index contributed by atoms with van der Waals surface area (Å²) in [5.74, 6) is 1.12. The molecule has 3 rings (SSSR count). The summed E-state index contributed by atoms with van der Waals surface area (Å²) in [5.41, 5.74) is 3.10. The molecule has 0 radical (unpaired) electrons. The zero-order valence-electron chi connectivity index (χ0n) is 11.3. The molecule has 0 amide bonds. The highest BCUT2D eigenvalue weighted by Gasteiger charge is 2.13. The van der Waals surface area contributed by atoms with Gasteiger partial charge in [0.25, 0.3) is 0 Å². The van der Waals surface area contributed by atoms with E-state index < -0.39 is 0 Å². The van der Waals surface area contributed by atoms with Gasteiger partial charge in [0.1, 0.15) is 0 Å². The van der Waals surface area contributed by atoms with Crippen LogP contribution in [0.5, 0.6) is 0 Å². The normalized spacial score (nSPS) is 10.7. The summed E-state index contributed by atoms with van der Waals surface area (Å²) in [4.78, 5) is 1.13. The number of aromatic nitrogens is 2. The largest absolute Gasteiger partial charge is 0.416 e. The fraction of sp³-hybridized carbons (Fsp3) is 0.125. The molecule has 0 N–H and O–H groups in total. The minimum absolute atomic E-state index is 0.555. The van der Waals surface area contributed by atoms with Gasteiger partial charge in [-0.05, 0) is 37.4 Å². The zero-order chi connectivity index (χ0) is 13.9. The number of hydrogen-bond acceptors (Lipinski definition) is 4. The Bertz CT molecular complexity index is 737. The maximum atomic E-state index is 5.82. The van der Waals surface area contributed by atoms with Crippen LogP contribution >= 0.6 is 11.8 Å². The molecular formula is C16H14N2OS. The Balaban J connectivity index is 2.02. The van der Waals surface area contributed by atoms with Gasteiger partial charge in [-0.3, -0.25) is 0 Å². The topological polar surface area (TPSA) is 38.9 Å². The molecule has 3 aromatic rings. The number of aryl methyl sites for hydroxylation is 1. The van der Waals surface area contributed by atoms with Crippen LogP contribution in [0.1, 0.15) is 5.56 Å². The zero-order valence-corrected chi connectivity index (χ0v) is 12.1. The Morgan fingerprint density at radius 1 is 0.950 bits per heavy atom. The molecule has 0 aliphatic carbocycles. The monoisotopic (exact) mass is 282 g/mol. The fourth-order valence-electron chi connectivity index (χ4n) is 2.05. The van der Waals surface area contributed by atoms with Crippen molar-refractivity contribution in [2.45, 2.75) is 11.8 Å². The summed E-state index contributed by atoms with van der Waals surface area (Å²) in [6.45, 7) is 2.05. The van der Waals surface area contributed by atoms with E-state index in [0.717, 1.165) is 16.0 Å². The minimum Gasteiger partial charge on any atom is -0.416 e. The van der Waals surface area contributed by atoms with Crippen molar-refractivity contribution in [3.63, 3.8) is 0 Å². The number of benzene rings is 2. The molecule has 3 nitrogen and oxygen atoms in total. The molecule has 0 aliphatic heterocycles. The van der Waals surface area contributed by atoms with Gasteiger partial charge in [0, 0.05) is 10.5 Å². The molecule has 2 aromatic carbocycles. The van der Waals surface area contributed by atoms with Crippen molar-refractivity contribution < 1.29 is 4.42 Å². The van der Waals surface area contributed by atoms with E-state index in [1.54, 1.807) is 11.8 Å². The van der Waals surface area contributed by atoms with Crippen molar-refractivity contribution in [1.29, 1.82) is 0 Å². The summed E-state index contributed by atoms with van der Waals surface area (Å²) in [7, 11) is 0. The van der Waals surface area contributed by atoms with Gasteiger partial charge >= 0.3 is 0 Å². The Kier molecular flexibility index (Phi) is 3.56. The van der Waals surface area contributed by atoms with Crippen molar-refractivity contribution in [3.05, 3.63) is 54.1 Å². The molecule has 0 unspecified atom stereocenters. The van der Waals surface area contributed by atoms with Gasteiger partial charge in [0.2, 0.25) is 11.8 Å². The van der Waals surface area contributed by atoms with E-state index in [0.29, 0.717) is 11.8 Å². The van der Waals surface area contributed by atoms with Crippen LogP contribution in [-0.2, 0) is 0 Å². The molecule has 0 spiro atoms. The van der Waals surface area contributed by atoms with E-state index in [2.05, 4.69) is 16.3 Å². The first kappa shape index (κ1) is 12.9. The second-order valence-corrected chi connectivity index (χ2v) is 5.33. The Hall–Kier alpha value is -2.07. The van der Waals surface area contributed by atoms with Crippen LogP contribution < -0.4 is 0 Å². The van der Waals surface area contributed by atoms with E-state index >= 15 is 0 Å². The van der Waals surface area contributed by atoms with E-state index in [-0.39, 0.29) is 0 Å². The first-order valence-corrected chi connectivity index (χ1v) is 7.54. The van der Waals surface area contributed by atoms with Crippen LogP contribution in [0.2, 0.25) is 0 Å². The highest BCUT2D eigenvalue weighted by Crippen LogP contribution is 2.30. The predicted octanol–water partition coefficient (Wildman–Crippen LogP) is 4.43. The molecule has 0 atom stereocenters. The van der Waals surface area contributed by atoms with Gasteiger partial charge in [0.15, 0.2) is 0 Å². The first-order valence-electron chi connectivity index (χ1n) is 6.32. The fourth-order valence-corrected chi connectivity index (χ4v) is 2.64. The molecule has 100 valence electrons. The average Bonchev–Trinajstić information content (AvgIpc) is 2.97. The highest BCUT2D eigenvalue weighted by atomic mass is 32.2. The van der Waals surface area contributed by atoms with E-state index in [1.807, 2.05) is 55.6 Å². The molecule has 0 fully saturated rings. The standard InChI is InChI=1S/C16H14N2OS/c1-11-6-5-7-12(10-11)15-17-18-16(19-15)13-8-3-4-9-14(13)20-2/h3-10H,1-2H3. The summed E-state index contributed by atoms with van der Waals surface area (Å²) in [6.07, 6.45) is 2.04. The van der Waals surface area contributed by atoms with Crippen LogP contribution in [0.25, 0.3) is 22.9 Å². The number of nitrogens with zero attached hydrogens (tertiary/aromatic N) is 2.